The lowest BCUT2D eigenvalue weighted by Gasteiger charge is -2.10. The van der Waals surface area contributed by atoms with Crippen LogP contribution in [0.3, 0.4) is 0 Å². The summed E-state index contributed by atoms with van der Waals surface area (Å²) in [6, 6.07) is 14.5. The van der Waals surface area contributed by atoms with Crippen molar-refractivity contribution < 1.29 is 24.2 Å². The molecule has 0 radical (unpaired) electrons. The summed E-state index contributed by atoms with van der Waals surface area (Å²) >= 11 is 0. The van der Waals surface area contributed by atoms with Gasteiger partial charge in [0, 0.05) is 17.0 Å². The Morgan fingerprint density at radius 2 is 1.93 bits per heavy atom. The third kappa shape index (κ3) is 5.47. The van der Waals surface area contributed by atoms with E-state index in [0.29, 0.717) is 23.1 Å². The molecule has 0 fully saturated rings. The maximum Gasteiger partial charge on any atom is 0.325 e. The molecule has 1 amide bonds. The van der Waals surface area contributed by atoms with E-state index in [1.165, 1.54) is 6.20 Å². The number of nitrogens with zero attached hydrogens (tertiary/aromatic N) is 1. The molecule has 0 atom stereocenters. The second-order valence-corrected chi connectivity index (χ2v) is 6.74. The Hall–Kier alpha value is -3.61. The Morgan fingerprint density at radius 1 is 1.13 bits per heavy atom. The lowest BCUT2D eigenvalue weighted by molar-refractivity contribution is -0.143. The Kier molecular flexibility index (Phi) is 7.21. The largest absolute Gasteiger partial charge is 0.505 e. The number of aromatic nitrogens is 1. The number of aromatic hydroxyl groups is 1. The number of carbonyl (C=O) groups excluding carboxylic acids is 2. The van der Waals surface area contributed by atoms with Gasteiger partial charge in [0.25, 0.3) is 5.91 Å². The van der Waals surface area contributed by atoms with E-state index in [4.69, 9.17) is 9.47 Å². The second-order valence-electron chi connectivity index (χ2n) is 6.74. The van der Waals surface area contributed by atoms with Gasteiger partial charge in [0.15, 0.2) is 11.4 Å². The number of amides is 1. The van der Waals surface area contributed by atoms with Crippen LogP contribution in [0.1, 0.15) is 35.8 Å². The third-order valence-electron chi connectivity index (χ3n) is 4.45. The summed E-state index contributed by atoms with van der Waals surface area (Å²) in [4.78, 5) is 28.3. The first kappa shape index (κ1) is 21.1. The van der Waals surface area contributed by atoms with Gasteiger partial charge in [-0.1, -0.05) is 43.7 Å². The molecule has 1 heterocycles. The van der Waals surface area contributed by atoms with Gasteiger partial charge in [0.2, 0.25) is 0 Å². The molecular formula is C23H24N2O5. The van der Waals surface area contributed by atoms with Crippen LogP contribution >= 0.6 is 0 Å². The molecule has 30 heavy (non-hydrogen) atoms. The van der Waals surface area contributed by atoms with E-state index in [2.05, 4.69) is 17.2 Å². The molecule has 7 nitrogen and oxygen atoms in total. The van der Waals surface area contributed by atoms with E-state index < -0.39 is 11.9 Å². The Labute approximate surface area is 174 Å². The normalized spacial score (nSPS) is 10.6. The second kappa shape index (κ2) is 10.2. The first-order chi connectivity index (χ1) is 14.6. The molecule has 0 aliphatic heterocycles. The minimum atomic E-state index is -0.664. The Balaban J connectivity index is 1.62. The number of benzene rings is 2. The van der Waals surface area contributed by atoms with E-state index in [9.17, 15) is 14.7 Å². The van der Waals surface area contributed by atoms with Gasteiger partial charge < -0.3 is 19.9 Å². The number of hydrogen-bond donors (Lipinski definition) is 2. The first-order valence-corrected chi connectivity index (χ1v) is 9.80. The molecule has 1 aromatic heterocycles. The number of carbonyl (C=O) groups is 2. The van der Waals surface area contributed by atoms with Gasteiger partial charge in [-0.15, -0.1) is 0 Å². The molecule has 7 heteroatoms. The summed E-state index contributed by atoms with van der Waals surface area (Å²) in [7, 11) is 0. The van der Waals surface area contributed by atoms with Crippen molar-refractivity contribution >= 4 is 22.6 Å². The van der Waals surface area contributed by atoms with Crippen molar-refractivity contribution in [1.29, 1.82) is 0 Å². The molecular weight excluding hydrogens is 384 g/mol. The van der Waals surface area contributed by atoms with Crippen LogP contribution in [0.5, 0.6) is 11.5 Å². The predicted octanol–water partition coefficient (Wildman–Crippen LogP) is 3.59. The number of fused-ring (bicyclic) bond motifs is 1. The summed E-state index contributed by atoms with van der Waals surface area (Å²) in [5, 5.41) is 14.1. The molecule has 0 saturated carbocycles. The first-order valence-electron chi connectivity index (χ1n) is 9.80. The molecule has 0 aliphatic carbocycles. The minimum absolute atomic E-state index is 0.121. The van der Waals surface area contributed by atoms with Crippen LogP contribution in [0.25, 0.3) is 10.8 Å². The highest BCUT2D eigenvalue weighted by Crippen LogP contribution is 2.30. The average molecular weight is 408 g/mol. The highest BCUT2D eigenvalue weighted by molar-refractivity contribution is 6.02. The van der Waals surface area contributed by atoms with Crippen LogP contribution < -0.4 is 10.1 Å². The summed E-state index contributed by atoms with van der Waals surface area (Å²) in [5.41, 5.74) is 0.687. The van der Waals surface area contributed by atoms with Crippen LogP contribution in [0.15, 0.2) is 54.7 Å². The van der Waals surface area contributed by atoms with Crippen LogP contribution in [-0.4, -0.2) is 35.1 Å². The van der Waals surface area contributed by atoms with Crippen molar-refractivity contribution in [1.82, 2.24) is 10.3 Å². The van der Waals surface area contributed by atoms with Crippen molar-refractivity contribution in [3.8, 4) is 11.5 Å². The van der Waals surface area contributed by atoms with Gasteiger partial charge in [0.1, 0.15) is 18.9 Å². The van der Waals surface area contributed by atoms with Gasteiger partial charge in [-0.05, 0) is 30.2 Å². The Morgan fingerprint density at radius 3 is 2.70 bits per heavy atom. The van der Waals surface area contributed by atoms with Crippen LogP contribution in [0.4, 0.5) is 0 Å². The zero-order valence-corrected chi connectivity index (χ0v) is 16.8. The molecule has 0 unspecified atom stereocenters. The molecule has 0 bridgehead atoms. The van der Waals surface area contributed by atoms with Crippen LogP contribution in [-0.2, 0) is 16.1 Å². The molecule has 2 N–H and O–H groups in total. The molecule has 156 valence electrons. The van der Waals surface area contributed by atoms with E-state index in [1.807, 2.05) is 30.3 Å². The minimum Gasteiger partial charge on any atom is -0.505 e. The fourth-order valence-electron chi connectivity index (χ4n) is 2.79. The number of pyridine rings is 1. The van der Waals surface area contributed by atoms with E-state index in [0.717, 1.165) is 18.4 Å². The zero-order chi connectivity index (χ0) is 21.3. The lowest BCUT2D eigenvalue weighted by atomic mass is 10.1. The maximum atomic E-state index is 12.4. The van der Waals surface area contributed by atoms with E-state index >= 15 is 0 Å². The van der Waals surface area contributed by atoms with Crippen molar-refractivity contribution in [3.63, 3.8) is 0 Å². The van der Waals surface area contributed by atoms with Gasteiger partial charge in [0.05, 0.1) is 6.61 Å². The summed E-state index contributed by atoms with van der Waals surface area (Å²) in [6.07, 6.45) is 3.43. The summed E-state index contributed by atoms with van der Waals surface area (Å²) < 4.78 is 10.8. The molecule has 0 saturated heterocycles. The van der Waals surface area contributed by atoms with Crippen molar-refractivity contribution in [2.45, 2.75) is 26.4 Å². The van der Waals surface area contributed by atoms with Crippen molar-refractivity contribution in [3.05, 3.63) is 66.0 Å². The van der Waals surface area contributed by atoms with Crippen LogP contribution in [0, 0.1) is 0 Å². The number of unbranched alkanes of at least 4 members (excludes halogenated alkanes) is 1. The molecule has 3 aromatic rings. The topological polar surface area (TPSA) is 97.8 Å². The van der Waals surface area contributed by atoms with Gasteiger partial charge >= 0.3 is 5.97 Å². The number of hydrogen-bond acceptors (Lipinski definition) is 6. The quantitative estimate of drug-likeness (QED) is 0.415. The van der Waals surface area contributed by atoms with Crippen molar-refractivity contribution in [2.24, 2.45) is 0 Å². The van der Waals surface area contributed by atoms with Gasteiger partial charge in [-0.25, -0.2) is 4.98 Å². The smallest absolute Gasteiger partial charge is 0.325 e. The molecule has 2 aromatic carbocycles. The number of nitrogens with one attached hydrogen (secondary N) is 1. The van der Waals surface area contributed by atoms with Crippen LogP contribution in [0.2, 0.25) is 0 Å². The molecule has 0 spiro atoms. The standard InChI is InChI=1S/C23H24N2O5/c1-2-3-11-29-18-10-9-17-13-24-21(22(27)19(17)12-18)23(28)25-14-20(26)30-15-16-7-5-4-6-8-16/h4-10,12-13,27H,2-3,11,14-15H2,1H3,(H,25,28). The summed E-state index contributed by atoms with van der Waals surface area (Å²) in [6.45, 7) is 2.44. The number of ether oxygens (including phenoxy) is 2. The highest BCUT2D eigenvalue weighted by Gasteiger charge is 2.17. The lowest BCUT2D eigenvalue weighted by Crippen LogP contribution is -2.31. The molecule has 0 aliphatic rings. The predicted molar refractivity (Wildman–Crippen MR) is 112 cm³/mol. The molecule has 3 rings (SSSR count). The van der Waals surface area contributed by atoms with Gasteiger partial charge in [-0.3, -0.25) is 9.59 Å². The average Bonchev–Trinajstić information content (AvgIpc) is 2.77. The maximum absolute atomic E-state index is 12.4. The zero-order valence-electron chi connectivity index (χ0n) is 16.8. The van der Waals surface area contributed by atoms with Crippen molar-refractivity contribution in [2.75, 3.05) is 13.2 Å². The van der Waals surface area contributed by atoms with E-state index in [1.54, 1.807) is 18.2 Å². The van der Waals surface area contributed by atoms with Gasteiger partial charge in [-0.2, -0.15) is 0 Å². The summed E-state index contributed by atoms with van der Waals surface area (Å²) in [5.74, 6) is -0.903. The fraction of sp³-hybridized carbons (Fsp3) is 0.261. The highest BCUT2D eigenvalue weighted by atomic mass is 16.5. The number of esters is 1. The SMILES string of the molecule is CCCCOc1ccc2cnc(C(=O)NCC(=O)OCc3ccccc3)c(O)c2c1. The Bertz CT molecular complexity index is 1020. The fourth-order valence-corrected chi connectivity index (χ4v) is 2.79. The number of rotatable bonds is 9. The third-order valence-corrected chi connectivity index (χ3v) is 4.45. The van der Waals surface area contributed by atoms with E-state index in [-0.39, 0.29) is 24.6 Å². The monoisotopic (exact) mass is 408 g/mol.